The molecule has 2 saturated carbocycles. The topological polar surface area (TPSA) is 84.5 Å². The number of benzene rings is 3. The number of carbonyl (C=O) groups excluding carboxylic acids is 3. The predicted molar refractivity (Wildman–Crippen MR) is 156 cm³/mol. The number of esters is 1. The van der Waals surface area contributed by atoms with Gasteiger partial charge in [-0.05, 0) is 98.7 Å². The summed E-state index contributed by atoms with van der Waals surface area (Å²) < 4.78 is 5.10. The molecule has 2 fully saturated rings. The first-order valence-corrected chi connectivity index (χ1v) is 13.2. The van der Waals surface area contributed by atoms with E-state index in [4.69, 9.17) is 4.74 Å². The molecule has 0 aliphatic heterocycles. The van der Waals surface area contributed by atoms with Crippen molar-refractivity contribution in [2.24, 2.45) is 0 Å². The van der Waals surface area contributed by atoms with E-state index in [1.807, 2.05) is 93.5 Å². The standard InChI is InChI=1S/C29H27N2O4.C5H5.Fe/c1-2-35-29(34)26(16-20-8-4-3-5-9-20)31-27(32)19-30-28(33)25-15-14-23-17-22(12-13-24(23)18-25)21-10-6-7-11-21;1-2-4-5-3-1;/h3-15,17-18,26H,2,16,19H2,1H3,(H,30,33)(H,31,32);1-5H;/q;;+2/t26-;;/m0../s1. The summed E-state index contributed by atoms with van der Waals surface area (Å²) in [5.74, 6) is -0.190. The van der Waals surface area contributed by atoms with Gasteiger partial charge in [-0.3, -0.25) is 9.59 Å². The van der Waals surface area contributed by atoms with Gasteiger partial charge in [0.1, 0.15) is 6.04 Å². The summed E-state index contributed by atoms with van der Waals surface area (Å²) in [4.78, 5) is 37.5. The monoisotopic (exact) mass is 588 g/mol. The van der Waals surface area contributed by atoms with Crippen LogP contribution in [0, 0.1) is 63.7 Å². The third-order valence-corrected chi connectivity index (χ3v) is 6.25. The van der Waals surface area contributed by atoms with Crippen LogP contribution in [0.3, 0.4) is 0 Å². The van der Waals surface area contributed by atoms with Crippen molar-refractivity contribution >= 4 is 28.6 Å². The van der Waals surface area contributed by atoms with Crippen LogP contribution in [0.15, 0.2) is 66.7 Å². The zero-order valence-electron chi connectivity index (χ0n) is 22.7. The quantitative estimate of drug-likeness (QED) is 0.282. The van der Waals surface area contributed by atoms with Gasteiger partial charge in [-0.1, -0.05) is 54.6 Å². The second-order valence-corrected chi connectivity index (χ2v) is 9.16. The summed E-state index contributed by atoms with van der Waals surface area (Å²) in [7, 11) is 0. The number of nitrogens with one attached hydrogen (secondary N) is 2. The van der Waals surface area contributed by atoms with Gasteiger partial charge in [-0.25, -0.2) is 4.79 Å². The van der Waals surface area contributed by atoms with E-state index in [9.17, 15) is 14.4 Å². The van der Waals surface area contributed by atoms with Crippen molar-refractivity contribution in [1.82, 2.24) is 10.6 Å². The molecule has 2 aliphatic rings. The Morgan fingerprint density at radius 1 is 0.780 bits per heavy atom. The Bertz CT molecular complexity index is 1260. The van der Waals surface area contributed by atoms with E-state index in [1.165, 1.54) is 0 Å². The van der Waals surface area contributed by atoms with Gasteiger partial charge in [0, 0.05) is 17.9 Å². The summed E-state index contributed by atoms with van der Waals surface area (Å²) in [6.45, 7) is 1.68. The Morgan fingerprint density at radius 2 is 1.41 bits per heavy atom. The fourth-order valence-electron chi connectivity index (χ4n) is 4.25. The van der Waals surface area contributed by atoms with Crippen molar-refractivity contribution in [3.05, 3.63) is 147 Å². The number of carbonyl (C=O) groups is 3. The molecule has 0 spiro atoms. The Balaban J connectivity index is 0.000000696. The average Bonchev–Trinajstić information content (AvgIpc) is 3.74. The van der Waals surface area contributed by atoms with Crippen LogP contribution in [-0.4, -0.2) is 37.0 Å². The van der Waals surface area contributed by atoms with Gasteiger partial charge in [0.25, 0.3) is 5.91 Å². The molecule has 41 heavy (non-hydrogen) atoms. The minimum Gasteiger partial charge on any atom is -0.464 e. The van der Waals surface area contributed by atoms with Gasteiger partial charge in [0.15, 0.2) is 0 Å². The third kappa shape index (κ3) is 10.0. The van der Waals surface area contributed by atoms with Crippen LogP contribution in [0.2, 0.25) is 0 Å². The Kier molecular flexibility index (Phi) is 13.4. The van der Waals surface area contributed by atoms with Crippen molar-refractivity contribution in [1.29, 1.82) is 0 Å². The molecule has 2 N–H and O–H groups in total. The summed E-state index contributed by atoms with van der Waals surface area (Å²) in [5, 5.41) is 7.27. The summed E-state index contributed by atoms with van der Waals surface area (Å²) in [6, 6.07) is 20.1. The van der Waals surface area contributed by atoms with Crippen molar-refractivity contribution in [2.75, 3.05) is 13.2 Å². The summed E-state index contributed by atoms with van der Waals surface area (Å²) in [6.07, 6.45) is 18.4. The van der Waals surface area contributed by atoms with Gasteiger partial charge in [-0.15, -0.1) is 0 Å². The molecule has 2 aliphatic carbocycles. The molecule has 0 aromatic heterocycles. The molecule has 5 rings (SSSR count). The second-order valence-electron chi connectivity index (χ2n) is 9.16. The van der Waals surface area contributed by atoms with Gasteiger partial charge in [0.2, 0.25) is 5.91 Å². The van der Waals surface area contributed by atoms with Gasteiger partial charge in [0.05, 0.1) is 13.2 Å². The zero-order chi connectivity index (χ0) is 28.2. The first-order valence-electron chi connectivity index (χ1n) is 13.2. The van der Waals surface area contributed by atoms with Crippen LogP contribution in [0.25, 0.3) is 10.8 Å². The van der Waals surface area contributed by atoms with Crippen molar-refractivity contribution in [3.63, 3.8) is 0 Å². The minimum atomic E-state index is -0.834. The fourth-order valence-corrected chi connectivity index (χ4v) is 4.25. The zero-order valence-corrected chi connectivity index (χ0v) is 23.8. The number of hydrogen-bond acceptors (Lipinski definition) is 4. The number of rotatable bonds is 9. The van der Waals surface area contributed by atoms with Gasteiger partial charge < -0.3 is 15.4 Å². The van der Waals surface area contributed by atoms with Gasteiger partial charge in [-0.2, -0.15) is 0 Å². The second kappa shape index (κ2) is 17.0. The van der Waals surface area contributed by atoms with Crippen molar-refractivity contribution in [2.45, 2.75) is 19.4 Å². The van der Waals surface area contributed by atoms with Crippen LogP contribution >= 0.6 is 0 Å². The van der Waals surface area contributed by atoms with Crippen molar-refractivity contribution in [3.8, 4) is 0 Å². The van der Waals surface area contributed by atoms with E-state index in [1.54, 1.807) is 19.1 Å². The van der Waals surface area contributed by atoms with Crippen LogP contribution in [0.4, 0.5) is 0 Å². The van der Waals surface area contributed by atoms with Crippen LogP contribution in [0.1, 0.15) is 28.4 Å². The molecule has 6 nitrogen and oxygen atoms in total. The van der Waals surface area contributed by atoms with Crippen LogP contribution < -0.4 is 10.6 Å². The van der Waals surface area contributed by atoms with Gasteiger partial charge >= 0.3 is 23.0 Å². The summed E-state index contributed by atoms with van der Waals surface area (Å²) >= 11 is 0. The van der Waals surface area contributed by atoms with E-state index < -0.39 is 17.9 Å². The molecule has 0 heterocycles. The maximum atomic E-state index is 12.7. The molecule has 1 atom stereocenters. The Morgan fingerprint density at radius 3 is 2.07 bits per heavy atom. The van der Waals surface area contributed by atoms with E-state index in [-0.39, 0.29) is 36.1 Å². The maximum absolute atomic E-state index is 12.7. The molecule has 0 unspecified atom stereocenters. The van der Waals surface area contributed by atoms with E-state index >= 15 is 0 Å². The van der Waals surface area contributed by atoms with E-state index in [2.05, 4.69) is 29.5 Å². The molecule has 3 aromatic carbocycles. The molecule has 2 amide bonds. The number of amides is 2. The SMILES string of the molecule is CCOC(=O)[C@H](Cc1ccccc1)NC(=O)CNC(=O)c1ccc2cc([C]3[CH][CH][CH][CH]3)ccc2c1.[CH]1[CH][CH][CH][CH]1.[Fe+2]. The molecule has 0 saturated heterocycles. The molecule has 208 valence electrons. The Labute approximate surface area is 254 Å². The maximum Gasteiger partial charge on any atom is 2.00 e. The number of hydrogen-bond donors (Lipinski definition) is 2. The first-order chi connectivity index (χ1) is 19.5. The third-order valence-electron chi connectivity index (χ3n) is 6.25. The van der Waals surface area contributed by atoms with Crippen LogP contribution in [-0.2, 0) is 37.8 Å². The fraction of sp³-hybridized carbons (Fsp3) is 0.147. The average molecular weight is 588 g/mol. The molecule has 7 heteroatoms. The Hall–Kier alpha value is -3.15. The molecule has 10 radical (unpaired) electrons. The molecular formula is C34H32FeN2O4+2. The van der Waals surface area contributed by atoms with E-state index in [0.29, 0.717) is 12.0 Å². The van der Waals surface area contributed by atoms with Crippen molar-refractivity contribution < 1.29 is 36.2 Å². The first kappa shape index (κ1) is 32.4. The van der Waals surface area contributed by atoms with Crippen LogP contribution in [0.5, 0.6) is 0 Å². The summed E-state index contributed by atoms with van der Waals surface area (Å²) in [5.41, 5.74) is 2.47. The number of ether oxygens (including phenoxy) is 1. The molecular weight excluding hydrogens is 556 g/mol. The largest absolute Gasteiger partial charge is 2.00 e. The normalized spacial score (nSPS) is 15.2. The predicted octanol–water partition coefficient (Wildman–Crippen LogP) is 4.63. The number of fused-ring (bicyclic) bond motifs is 1. The molecule has 3 aromatic rings. The minimum absolute atomic E-state index is 0. The van der Waals surface area contributed by atoms with E-state index in [0.717, 1.165) is 27.8 Å². The molecule has 0 bridgehead atoms. The smallest absolute Gasteiger partial charge is 0.464 e.